The van der Waals surface area contributed by atoms with Gasteiger partial charge in [0.15, 0.2) is 12.0 Å². The van der Waals surface area contributed by atoms with E-state index in [1.807, 2.05) is 6.07 Å². The molecule has 0 amide bonds. The van der Waals surface area contributed by atoms with E-state index in [-0.39, 0.29) is 23.4 Å². The number of Topliss-reactive ketones (excluding diaryl/α,β-unsaturated/α-hetero) is 1. The van der Waals surface area contributed by atoms with E-state index in [1.165, 1.54) is 18.2 Å². The number of phenols is 1. The lowest BCUT2D eigenvalue weighted by Crippen LogP contribution is -1.97. The summed E-state index contributed by atoms with van der Waals surface area (Å²) in [6.45, 7) is 0. The Morgan fingerprint density at radius 2 is 1.38 bits per heavy atom. The number of nitrogens with zero attached hydrogens (tertiary/aromatic N) is 1. The highest BCUT2D eigenvalue weighted by molar-refractivity contribution is 6.14. The summed E-state index contributed by atoms with van der Waals surface area (Å²) >= 11 is 0. The number of hydrogen-bond donors (Lipinski definition) is 3. The van der Waals surface area contributed by atoms with Crippen molar-refractivity contribution in [2.24, 2.45) is 0 Å². The van der Waals surface area contributed by atoms with Gasteiger partial charge in [-0.2, -0.15) is 5.26 Å². The van der Waals surface area contributed by atoms with Crippen LogP contribution in [0.3, 0.4) is 0 Å². The Morgan fingerprint density at radius 3 is 1.90 bits per heavy atom. The molecule has 2 aromatic rings. The number of hydrogen-bond acceptors (Lipinski definition) is 7. The molecule has 8 heteroatoms. The molecule has 0 atom stereocenters. The Kier molecular flexibility index (Phi) is 13.5. The lowest BCUT2D eigenvalue weighted by atomic mass is 10.1. The summed E-state index contributed by atoms with van der Waals surface area (Å²) in [5.41, 5.74) is 1.76. The van der Waals surface area contributed by atoms with Gasteiger partial charge in [-0.15, -0.1) is 0 Å². The van der Waals surface area contributed by atoms with Gasteiger partial charge in [0.05, 0.1) is 17.2 Å². The van der Waals surface area contributed by atoms with Gasteiger partial charge >= 0.3 is 5.97 Å². The molecule has 40 heavy (non-hydrogen) atoms. The molecule has 0 saturated heterocycles. The summed E-state index contributed by atoms with van der Waals surface area (Å²) in [5.74, 6) is 30.7. The topological polar surface area (TPSA) is 160 Å². The number of phenolic OH excluding ortho intramolecular Hbond substituents is 1. The number of allylic oxidation sites excluding steroid dienone is 1. The zero-order valence-corrected chi connectivity index (χ0v) is 20.4. The van der Waals surface area contributed by atoms with E-state index < -0.39 is 5.97 Å². The molecule has 8 nitrogen and oxygen atoms in total. The molecule has 1 heterocycles. The fourth-order valence-corrected chi connectivity index (χ4v) is 2.44. The van der Waals surface area contributed by atoms with Crippen LogP contribution >= 0.6 is 0 Å². The minimum absolute atomic E-state index is 0. The number of benzene rings is 2. The fourth-order valence-electron chi connectivity index (χ4n) is 2.44. The van der Waals surface area contributed by atoms with Crippen LogP contribution in [0.2, 0.25) is 0 Å². The number of aliphatic carboxylic acids is 1. The van der Waals surface area contributed by atoms with Gasteiger partial charge in [0.1, 0.15) is 11.5 Å². The molecule has 0 fully saturated rings. The Morgan fingerprint density at radius 1 is 0.825 bits per heavy atom. The number of carboxylic acids is 1. The highest BCUT2D eigenvalue weighted by atomic mass is 16.5. The highest BCUT2D eigenvalue weighted by Crippen LogP contribution is 2.34. The predicted octanol–water partition coefficient (Wildman–Crippen LogP) is 2.34. The quantitative estimate of drug-likeness (QED) is 0.292. The van der Waals surface area contributed by atoms with E-state index in [0.29, 0.717) is 23.2 Å². The van der Waals surface area contributed by atoms with Crippen LogP contribution in [0.4, 0.5) is 0 Å². The summed E-state index contributed by atoms with van der Waals surface area (Å²) in [5, 5.41) is 26.3. The van der Waals surface area contributed by atoms with Gasteiger partial charge in [0, 0.05) is 12.0 Å². The minimum atomic E-state index is -1.25. The number of ketones is 1. The number of aldehydes is 1. The predicted molar refractivity (Wildman–Crippen MR) is 145 cm³/mol. The Labute approximate surface area is 230 Å². The zero-order valence-electron chi connectivity index (χ0n) is 20.4. The molecule has 0 radical (unpaired) electrons. The Hall–Kier alpha value is -7.04. The average molecular weight is 522 g/mol. The van der Waals surface area contributed by atoms with Crippen molar-refractivity contribution in [1.29, 1.82) is 5.26 Å². The number of fused-ring (bicyclic) bond motifs is 1. The van der Waals surface area contributed by atoms with E-state index in [0.717, 1.165) is 5.56 Å². The van der Waals surface area contributed by atoms with Crippen molar-refractivity contribution in [3.63, 3.8) is 0 Å². The zero-order chi connectivity index (χ0) is 28.3. The third kappa shape index (κ3) is 11.1. The number of carbonyl (C=O) groups is 3. The minimum Gasteiger partial charge on any atom is -0.508 e. The van der Waals surface area contributed by atoms with Gasteiger partial charge in [-0.3, -0.25) is 9.59 Å². The Bertz CT molecular complexity index is 1850. The molecule has 0 spiro atoms. The van der Waals surface area contributed by atoms with Gasteiger partial charge < -0.3 is 21.1 Å². The first-order chi connectivity index (χ1) is 18.9. The van der Waals surface area contributed by atoms with Crippen molar-refractivity contribution in [3.8, 4) is 100 Å². The number of rotatable bonds is 1. The second-order valence-corrected chi connectivity index (χ2v) is 6.55. The third-order valence-electron chi connectivity index (χ3n) is 3.98. The molecule has 188 valence electrons. The van der Waals surface area contributed by atoms with E-state index in [1.54, 1.807) is 36.3 Å². The smallest absolute Gasteiger partial charge is 0.382 e. The van der Waals surface area contributed by atoms with Crippen LogP contribution in [0.5, 0.6) is 11.5 Å². The van der Waals surface area contributed by atoms with Crippen molar-refractivity contribution in [1.82, 2.24) is 6.15 Å². The van der Waals surface area contributed by atoms with Crippen molar-refractivity contribution >= 4 is 24.1 Å². The highest BCUT2D eigenvalue weighted by Gasteiger charge is 2.27. The molecule has 1 aliphatic rings. The monoisotopic (exact) mass is 522 g/mol. The molecule has 5 N–H and O–H groups in total. The first kappa shape index (κ1) is 31.0. The van der Waals surface area contributed by atoms with Crippen LogP contribution < -0.4 is 10.9 Å². The molecular formula is C32H14N2O6. The summed E-state index contributed by atoms with van der Waals surface area (Å²) in [4.78, 5) is 31.9. The van der Waals surface area contributed by atoms with Crippen LogP contribution in [-0.4, -0.2) is 28.3 Å². The first-order valence-corrected chi connectivity index (χ1v) is 10.4. The van der Waals surface area contributed by atoms with Crippen molar-refractivity contribution < 1.29 is 29.3 Å². The van der Waals surface area contributed by atoms with Crippen LogP contribution in [0.15, 0.2) is 48.2 Å². The third-order valence-corrected chi connectivity index (χ3v) is 3.98. The summed E-state index contributed by atoms with van der Waals surface area (Å²) in [6.07, 6.45) is 2.04. The van der Waals surface area contributed by atoms with E-state index in [9.17, 15) is 19.5 Å². The number of ether oxygens (including phenoxy) is 1. The summed E-state index contributed by atoms with van der Waals surface area (Å²) in [7, 11) is 0. The number of nitriles is 1. The summed E-state index contributed by atoms with van der Waals surface area (Å²) in [6, 6.07) is 13.2. The van der Waals surface area contributed by atoms with Crippen LogP contribution in [0.25, 0.3) is 6.08 Å². The molecular weight excluding hydrogens is 508 g/mol. The standard InChI is InChI=1S/C16H9NO3.C16H2O3.H3N/c17-9-11-3-1-10(2-4-11)7-15-16(19)13-6-5-12(18)8-14(13)20-15;17-15-13-11-9-7-5-3-1-2-4-6-8-10-12-14-16(18)19;/h1-8,18H;15H,(H,18,19);1H3/b15-7-;;. The number of carbonyl (C=O) groups excluding carboxylic acids is 2. The molecule has 0 aliphatic carbocycles. The second-order valence-electron chi connectivity index (χ2n) is 6.55. The maximum atomic E-state index is 12.1. The number of aromatic hydroxyl groups is 1. The van der Waals surface area contributed by atoms with Crippen LogP contribution in [0.1, 0.15) is 21.5 Å². The van der Waals surface area contributed by atoms with E-state index >= 15 is 0 Å². The molecule has 3 rings (SSSR count). The van der Waals surface area contributed by atoms with Gasteiger partial charge in [0.25, 0.3) is 0 Å². The van der Waals surface area contributed by atoms with Gasteiger partial charge in [-0.05, 0) is 113 Å². The van der Waals surface area contributed by atoms with E-state index in [2.05, 4.69) is 77.0 Å². The molecule has 0 bridgehead atoms. The van der Waals surface area contributed by atoms with E-state index in [4.69, 9.17) is 15.1 Å². The summed E-state index contributed by atoms with van der Waals surface area (Å²) < 4.78 is 5.45. The fraction of sp³-hybridized carbons (Fsp3) is 0. The number of carboxylic acid groups (broad SMARTS) is 1. The maximum absolute atomic E-state index is 12.1. The van der Waals surface area contributed by atoms with Gasteiger partial charge in [-0.1, -0.05) is 12.1 Å². The van der Waals surface area contributed by atoms with Crippen LogP contribution in [0, 0.1) is 94.2 Å². The molecule has 1 aliphatic heterocycles. The van der Waals surface area contributed by atoms with Crippen molar-refractivity contribution in [2.45, 2.75) is 0 Å². The second kappa shape index (κ2) is 17.4. The largest absolute Gasteiger partial charge is 0.508 e. The van der Waals surface area contributed by atoms with Crippen molar-refractivity contribution in [3.05, 3.63) is 64.9 Å². The lowest BCUT2D eigenvalue weighted by molar-refractivity contribution is -0.130. The maximum Gasteiger partial charge on any atom is 0.382 e. The normalized spacial score (nSPS) is 9.57. The van der Waals surface area contributed by atoms with Crippen LogP contribution in [-0.2, 0) is 9.59 Å². The van der Waals surface area contributed by atoms with Gasteiger partial charge in [0.2, 0.25) is 5.78 Å². The molecule has 0 saturated carbocycles. The average Bonchev–Trinajstić information content (AvgIpc) is 3.23. The van der Waals surface area contributed by atoms with Crippen molar-refractivity contribution in [2.75, 3.05) is 0 Å². The van der Waals surface area contributed by atoms with Gasteiger partial charge in [-0.25, -0.2) is 4.79 Å². The molecule has 2 aromatic carbocycles. The lowest BCUT2D eigenvalue weighted by Gasteiger charge is -1.99. The SMILES string of the molecule is N.N#Cc1ccc(/C=C2\Oc3cc(O)ccc3C2=O)cc1.O=CC#CC#CC#CC#CC#CC#CC#CC(=O)O. The molecule has 0 aromatic heterocycles. The first-order valence-electron chi connectivity index (χ1n) is 10.4. The Balaban J connectivity index is 0.000000391. The molecule has 0 unspecified atom stereocenters.